The number of hydrogen-bond acceptors (Lipinski definition) is 5. The summed E-state index contributed by atoms with van der Waals surface area (Å²) < 4.78 is 31.6. The van der Waals surface area contributed by atoms with Gasteiger partial charge in [0.1, 0.15) is 5.75 Å². The van der Waals surface area contributed by atoms with Crippen molar-refractivity contribution in [1.82, 2.24) is 5.43 Å². The summed E-state index contributed by atoms with van der Waals surface area (Å²) in [7, 11) is -4.67. The minimum Gasteiger partial charge on any atom is -0.507 e. The van der Waals surface area contributed by atoms with Crippen molar-refractivity contribution in [2.45, 2.75) is 92.9 Å². The van der Waals surface area contributed by atoms with E-state index in [1.165, 1.54) is 0 Å². The van der Waals surface area contributed by atoms with Crippen LogP contribution in [-0.2, 0) is 21.2 Å². The number of hydrogen-bond donors (Lipinski definition) is 5. The molecule has 0 unspecified atom stereocenters. The van der Waals surface area contributed by atoms with Gasteiger partial charge in [-0.05, 0) is 46.1 Å². The Morgan fingerprint density at radius 1 is 0.875 bits per heavy atom. The van der Waals surface area contributed by atoms with Gasteiger partial charge in [-0.15, -0.1) is 0 Å². The molecule has 6 N–H and O–H groups in total. The van der Waals surface area contributed by atoms with Crippen molar-refractivity contribution in [2.75, 3.05) is 0 Å². The lowest BCUT2D eigenvalue weighted by Gasteiger charge is -2.37. The average Bonchev–Trinajstić information content (AvgIpc) is 2.47. The highest BCUT2D eigenvalue weighted by atomic mass is 32.3. The molecule has 0 saturated heterocycles. The van der Waals surface area contributed by atoms with E-state index in [4.69, 9.17) is 23.4 Å². The lowest BCUT2D eigenvalue weighted by Crippen LogP contribution is -2.32. The number of aromatic hydroxyl groups is 1. The Labute approximate surface area is 193 Å². The number of carbonyl (C=O) groups is 1. The number of amides is 1. The smallest absolute Gasteiger partial charge is 0.394 e. The second-order valence-corrected chi connectivity index (χ2v) is 13.0. The fourth-order valence-corrected chi connectivity index (χ4v) is 4.64. The number of hydrazine groups is 1. The lowest BCUT2D eigenvalue weighted by atomic mass is 9.68. The first kappa shape index (κ1) is 30.3. The molecule has 32 heavy (non-hydrogen) atoms. The van der Waals surface area contributed by atoms with E-state index in [0.29, 0.717) is 0 Å². The van der Waals surface area contributed by atoms with Crippen molar-refractivity contribution in [2.24, 2.45) is 16.7 Å². The molecule has 0 saturated carbocycles. The third-order valence-electron chi connectivity index (χ3n) is 4.94. The van der Waals surface area contributed by atoms with Crippen LogP contribution >= 0.6 is 0 Å². The fourth-order valence-electron chi connectivity index (χ4n) is 4.64. The van der Waals surface area contributed by atoms with Gasteiger partial charge < -0.3 is 5.11 Å². The molecule has 0 fully saturated rings. The van der Waals surface area contributed by atoms with Gasteiger partial charge in [-0.2, -0.15) is 8.42 Å². The number of rotatable bonds is 5. The largest absolute Gasteiger partial charge is 0.507 e. The number of nitrogens with one attached hydrogen (secondary N) is 1. The van der Waals surface area contributed by atoms with Crippen LogP contribution in [0.1, 0.15) is 104 Å². The predicted octanol–water partition coefficient (Wildman–Crippen LogP) is 4.77. The Morgan fingerprint density at radius 2 is 1.25 bits per heavy atom. The second kappa shape index (κ2) is 10.1. The molecule has 1 aromatic rings. The zero-order valence-electron chi connectivity index (χ0n) is 21.1. The second-order valence-electron chi connectivity index (χ2n) is 12.1. The van der Waals surface area contributed by atoms with E-state index < -0.39 is 16.3 Å². The van der Waals surface area contributed by atoms with Crippen molar-refractivity contribution in [1.29, 1.82) is 0 Å². The van der Waals surface area contributed by atoms with E-state index in [-0.39, 0.29) is 33.0 Å². The van der Waals surface area contributed by atoms with Crippen molar-refractivity contribution in [3.8, 4) is 5.75 Å². The first-order valence-electron chi connectivity index (χ1n) is 10.5. The molecule has 1 rings (SSSR count). The van der Waals surface area contributed by atoms with Gasteiger partial charge in [-0.3, -0.25) is 19.3 Å². The SMILES string of the molecule is CC(C)(C)CC(C)(C)c1cc(C(=O)NN)c(O)c(C(C)(C)CC(C)(C)C)c1.O=S(=O)(O)O. The molecule has 0 aromatic heterocycles. The molecular formula is C23H42N2O6S. The number of phenols is 1. The van der Waals surface area contributed by atoms with Gasteiger partial charge in [0.25, 0.3) is 5.91 Å². The maximum Gasteiger partial charge on any atom is 0.394 e. The van der Waals surface area contributed by atoms with Crippen LogP contribution in [0, 0.1) is 10.8 Å². The highest BCUT2D eigenvalue weighted by Gasteiger charge is 2.35. The van der Waals surface area contributed by atoms with E-state index in [2.05, 4.69) is 80.7 Å². The molecular weight excluding hydrogens is 432 g/mol. The minimum absolute atomic E-state index is 0.0301. The summed E-state index contributed by atoms with van der Waals surface area (Å²) in [6.07, 6.45) is 1.83. The van der Waals surface area contributed by atoms with Gasteiger partial charge >= 0.3 is 10.4 Å². The van der Waals surface area contributed by atoms with Crippen molar-refractivity contribution in [3.63, 3.8) is 0 Å². The number of benzene rings is 1. The van der Waals surface area contributed by atoms with Crippen LogP contribution in [0.4, 0.5) is 0 Å². The Kier molecular flexibility index (Phi) is 9.54. The summed E-state index contributed by atoms with van der Waals surface area (Å²) in [5.74, 6) is 4.95. The summed E-state index contributed by atoms with van der Waals surface area (Å²) in [4.78, 5) is 12.4. The highest BCUT2D eigenvalue weighted by Crippen LogP contribution is 2.45. The Morgan fingerprint density at radius 3 is 1.59 bits per heavy atom. The highest BCUT2D eigenvalue weighted by molar-refractivity contribution is 7.79. The van der Waals surface area contributed by atoms with E-state index in [1.807, 2.05) is 0 Å². The van der Waals surface area contributed by atoms with Crippen molar-refractivity contribution in [3.05, 3.63) is 28.8 Å². The normalized spacial score (nSPS) is 13.3. The van der Waals surface area contributed by atoms with Gasteiger partial charge in [-0.1, -0.05) is 75.3 Å². The lowest BCUT2D eigenvalue weighted by molar-refractivity contribution is 0.0950. The maximum absolute atomic E-state index is 12.4. The topological polar surface area (TPSA) is 150 Å². The Bertz CT molecular complexity index is 900. The van der Waals surface area contributed by atoms with Crippen molar-refractivity contribution >= 4 is 16.3 Å². The van der Waals surface area contributed by atoms with Crippen LogP contribution in [-0.4, -0.2) is 28.5 Å². The van der Waals surface area contributed by atoms with Crippen LogP contribution in [0.25, 0.3) is 0 Å². The molecule has 8 nitrogen and oxygen atoms in total. The van der Waals surface area contributed by atoms with E-state index >= 15 is 0 Å². The summed E-state index contributed by atoms with van der Waals surface area (Å²) in [6.45, 7) is 21.8. The molecule has 186 valence electrons. The molecule has 9 heteroatoms. The van der Waals surface area contributed by atoms with Gasteiger partial charge in [-0.25, -0.2) is 5.84 Å². The Balaban J connectivity index is 0.00000172. The van der Waals surface area contributed by atoms with Crippen LogP contribution in [0.3, 0.4) is 0 Å². The molecule has 0 heterocycles. The predicted molar refractivity (Wildman–Crippen MR) is 128 cm³/mol. The zero-order chi connectivity index (χ0) is 25.9. The molecule has 0 aliphatic heterocycles. The monoisotopic (exact) mass is 474 g/mol. The summed E-state index contributed by atoms with van der Waals surface area (Å²) in [6, 6.07) is 3.88. The first-order valence-corrected chi connectivity index (χ1v) is 11.9. The van der Waals surface area contributed by atoms with Crippen LogP contribution < -0.4 is 11.3 Å². The molecule has 0 atom stereocenters. The average molecular weight is 475 g/mol. The Hall–Kier alpha value is -1.68. The van der Waals surface area contributed by atoms with E-state index in [9.17, 15) is 9.90 Å². The summed E-state index contributed by atoms with van der Waals surface area (Å²) >= 11 is 0. The molecule has 1 aromatic carbocycles. The van der Waals surface area contributed by atoms with Crippen molar-refractivity contribution < 1.29 is 27.4 Å². The molecule has 1 amide bonds. The van der Waals surface area contributed by atoms with Gasteiger partial charge in [0.05, 0.1) is 5.56 Å². The number of carbonyl (C=O) groups excluding carboxylic acids is 1. The fraction of sp³-hybridized carbons (Fsp3) is 0.696. The maximum atomic E-state index is 12.4. The number of nitrogens with two attached hydrogens (primary N) is 1. The molecule has 0 radical (unpaired) electrons. The molecule has 0 bridgehead atoms. The van der Waals surface area contributed by atoms with Crippen LogP contribution in [0.2, 0.25) is 0 Å². The molecule has 0 spiro atoms. The van der Waals surface area contributed by atoms with Gasteiger partial charge in [0, 0.05) is 5.56 Å². The molecule has 0 aliphatic carbocycles. The zero-order valence-corrected chi connectivity index (χ0v) is 21.9. The van der Waals surface area contributed by atoms with E-state index in [0.717, 1.165) is 24.0 Å². The summed E-state index contributed by atoms with van der Waals surface area (Å²) in [5.41, 5.74) is 4.05. The van der Waals surface area contributed by atoms with E-state index in [1.54, 1.807) is 6.07 Å². The first-order chi connectivity index (χ1) is 13.9. The summed E-state index contributed by atoms with van der Waals surface area (Å²) in [5, 5.41) is 10.9. The standard InChI is InChI=1S/C23H40N2O2.H2O4S/c1-20(2,3)13-22(7,8)15-11-16(19(27)25-24)18(26)17(12-15)23(9,10)14-21(4,5)6;1-5(2,3)4/h11-12,26H,13-14,24H2,1-10H3,(H,25,27);(H2,1,2,3,4). The third-order valence-corrected chi connectivity index (χ3v) is 4.94. The third kappa shape index (κ3) is 10.8. The minimum atomic E-state index is -4.67. The van der Waals surface area contributed by atoms with Gasteiger partial charge in [0.15, 0.2) is 0 Å². The number of phenolic OH excluding ortho intramolecular Hbond substituents is 1. The molecule has 0 aliphatic rings. The number of nitrogen functional groups attached to an aromatic ring is 1. The van der Waals surface area contributed by atoms with Crippen LogP contribution in [0.15, 0.2) is 12.1 Å². The van der Waals surface area contributed by atoms with Crippen LogP contribution in [0.5, 0.6) is 5.75 Å². The quantitative estimate of drug-likeness (QED) is 0.178. The van der Waals surface area contributed by atoms with Gasteiger partial charge in [0.2, 0.25) is 0 Å².